The van der Waals surface area contributed by atoms with Crippen molar-refractivity contribution < 1.29 is 14.3 Å². The van der Waals surface area contributed by atoms with Crippen LogP contribution in [0.2, 0.25) is 0 Å². The standard InChI is InChI=1S/C22H25N3O3/c1-2-27-20-10-8-18(9-11-20)21(16-23)24-12-14-25(15-13-24)22(26)17-28-19-6-4-3-5-7-19/h3-11,21H,2,12-15,17H2,1H3. The molecule has 146 valence electrons. The molecule has 6 heteroatoms. The summed E-state index contributed by atoms with van der Waals surface area (Å²) in [5.41, 5.74) is 0.943. The topological polar surface area (TPSA) is 65.8 Å². The van der Waals surface area contributed by atoms with Crippen LogP contribution < -0.4 is 9.47 Å². The summed E-state index contributed by atoms with van der Waals surface area (Å²) in [6.45, 7) is 5.08. The first-order valence-electron chi connectivity index (χ1n) is 9.53. The lowest BCUT2D eigenvalue weighted by Crippen LogP contribution is -2.50. The Hall–Kier alpha value is -3.04. The van der Waals surface area contributed by atoms with Gasteiger partial charge in [-0.15, -0.1) is 0 Å². The van der Waals surface area contributed by atoms with E-state index in [0.29, 0.717) is 38.5 Å². The number of hydrogen-bond acceptors (Lipinski definition) is 5. The highest BCUT2D eigenvalue weighted by Gasteiger charge is 2.27. The average Bonchev–Trinajstić information content (AvgIpc) is 2.75. The number of benzene rings is 2. The summed E-state index contributed by atoms with van der Waals surface area (Å²) in [6.07, 6.45) is 0. The van der Waals surface area contributed by atoms with Gasteiger partial charge in [0.1, 0.15) is 17.5 Å². The number of amides is 1. The molecule has 0 bridgehead atoms. The van der Waals surface area contributed by atoms with Gasteiger partial charge in [-0.2, -0.15) is 5.26 Å². The molecule has 3 rings (SSSR count). The Bertz CT molecular complexity index is 794. The summed E-state index contributed by atoms with van der Waals surface area (Å²) in [7, 11) is 0. The Morgan fingerprint density at radius 2 is 1.64 bits per heavy atom. The molecule has 2 aromatic carbocycles. The minimum absolute atomic E-state index is 0.0296. The van der Waals surface area contributed by atoms with E-state index in [2.05, 4.69) is 11.0 Å². The number of para-hydroxylation sites is 1. The molecule has 0 saturated carbocycles. The molecule has 0 N–H and O–H groups in total. The summed E-state index contributed by atoms with van der Waals surface area (Å²) >= 11 is 0. The molecule has 1 fully saturated rings. The van der Waals surface area contributed by atoms with Gasteiger partial charge in [0.2, 0.25) is 0 Å². The third kappa shape index (κ3) is 5.02. The van der Waals surface area contributed by atoms with Crippen molar-refractivity contribution in [2.24, 2.45) is 0 Å². The lowest BCUT2D eigenvalue weighted by atomic mass is 10.1. The van der Waals surface area contributed by atoms with E-state index in [-0.39, 0.29) is 18.6 Å². The minimum Gasteiger partial charge on any atom is -0.494 e. The SMILES string of the molecule is CCOc1ccc(C(C#N)N2CCN(C(=O)COc3ccccc3)CC2)cc1. The van der Waals surface area contributed by atoms with Crippen LogP contribution in [-0.4, -0.2) is 55.1 Å². The molecule has 0 aliphatic carbocycles. The molecule has 1 aliphatic rings. The summed E-state index contributed by atoms with van der Waals surface area (Å²) in [6, 6.07) is 19.0. The number of ether oxygens (including phenoxy) is 2. The van der Waals surface area contributed by atoms with Crippen molar-refractivity contribution in [2.45, 2.75) is 13.0 Å². The Labute approximate surface area is 165 Å². The van der Waals surface area contributed by atoms with Crippen molar-refractivity contribution in [3.8, 4) is 17.6 Å². The largest absolute Gasteiger partial charge is 0.494 e. The quantitative estimate of drug-likeness (QED) is 0.740. The number of nitrogens with zero attached hydrogens (tertiary/aromatic N) is 3. The Morgan fingerprint density at radius 3 is 2.25 bits per heavy atom. The van der Waals surface area contributed by atoms with Crippen molar-refractivity contribution in [2.75, 3.05) is 39.4 Å². The summed E-state index contributed by atoms with van der Waals surface area (Å²) in [4.78, 5) is 16.3. The van der Waals surface area contributed by atoms with Crippen LogP contribution in [0.4, 0.5) is 0 Å². The van der Waals surface area contributed by atoms with E-state index in [0.717, 1.165) is 11.3 Å². The highest BCUT2D eigenvalue weighted by atomic mass is 16.5. The second kappa shape index (κ2) is 9.77. The van der Waals surface area contributed by atoms with Crippen molar-refractivity contribution >= 4 is 5.91 Å². The van der Waals surface area contributed by atoms with Crippen LogP contribution in [0.5, 0.6) is 11.5 Å². The van der Waals surface area contributed by atoms with Gasteiger partial charge in [0.15, 0.2) is 6.61 Å². The molecule has 1 atom stereocenters. The van der Waals surface area contributed by atoms with Crippen LogP contribution in [0.15, 0.2) is 54.6 Å². The van der Waals surface area contributed by atoms with Gasteiger partial charge < -0.3 is 14.4 Å². The first-order valence-corrected chi connectivity index (χ1v) is 9.53. The van der Waals surface area contributed by atoms with Crippen molar-refractivity contribution in [1.82, 2.24) is 9.80 Å². The Morgan fingerprint density at radius 1 is 1.00 bits per heavy atom. The predicted molar refractivity (Wildman–Crippen MR) is 106 cm³/mol. The van der Waals surface area contributed by atoms with Gasteiger partial charge in [0.25, 0.3) is 5.91 Å². The number of carbonyl (C=O) groups excluding carboxylic acids is 1. The predicted octanol–water partition coefficient (Wildman–Crippen LogP) is 2.87. The third-order valence-corrected chi connectivity index (χ3v) is 4.77. The van der Waals surface area contributed by atoms with Gasteiger partial charge in [0, 0.05) is 26.2 Å². The highest BCUT2D eigenvalue weighted by Crippen LogP contribution is 2.24. The fraction of sp³-hybridized carbons (Fsp3) is 0.364. The zero-order valence-electron chi connectivity index (χ0n) is 16.1. The molecule has 28 heavy (non-hydrogen) atoms. The first-order chi connectivity index (χ1) is 13.7. The Kier molecular flexibility index (Phi) is 6.88. The fourth-order valence-corrected chi connectivity index (χ4v) is 3.26. The molecule has 1 aliphatic heterocycles. The normalized spacial score (nSPS) is 15.5. The van der Waals surface area contributed by atoms with Crippen molar-refractivity contribution in [3.05, 3.63) is 60.2 Å². The molecule has 0 spiro atoms. The maximum absolute atomic E-state index is 12.4. The lowest BCUT2D eigenvalue weighted by molar-refractivity contribution is -0.135. The molecule has 1 heterocycles. The summed E-state index contributed by atoms with van der Waals surface area (Å²) in [5, 5.41) is 9.67. The van der Waals surface area contributed by atoms with Gasteiger partial charge in [-0.25, -0.2) is 0 Å². The van der Waals surface area contributed by atoms with Gasteiger partial charge in [-0.1, -0.05) is 30.3 Å². The molecular formula is C22H25N3O3. The van der Waals surface area contributed by atoms with E-state index < -0.39 is 0 Å². The number of rotatable bonds is 7. The summed E-state index contributed by atoms with van der Waals surface area (Å²) < 4.78 is 11.0. The van der Waals surface area contributed by atoms with Crippen LogP contribution in [0.25, 0.3) is 0 Å². The maximum atomic E-state index is 12.4. The average molecular weight is 379 g/mol. The van der Waals surface area contributed by atoms with Gasteiger partial charge >= 0.3 is 0 Å². The number of hydrogen-bond donors (Lipinski definition) is 0. The fourth-order valence-electron chi connectivity index (χ4n) is 3.26. The molecule has 0 radical (unpaired) electrons. The number of piperazine rings is 1. The van der Waals surface area contributed by atoms with Crippen LogP contribution in [0.3, 0.4) is 0 Å². The highest BCUT2D eigenvalue weighted by molar-refractivity contribution is 5.77. The van der Waals surface area contributed by atoms with Crippen LogP contribution in [-0.2, 0) is 4.79 Å². The molecule has 1 unspecified atom stereocenters. The smallest absolute Gasteiger partial charge is 0.260 e. The zero-order valence-corrected chi connectivity index (χ0v) is 16.1. The number of carbonyl (C=O) groups is 1. The van der Waals surface area contributed by atoms with Gasteiger partial charge in [-0.05, 0) is 36.8 Å². The second-order valence-corrected chi connectivity index (χ2v) is 6.55. The van der Waals surface area contributed by atoms with E-state index in [4.69, 9.17) is 9.47 Å². The van der Waals surface area contributed by atoms with Gasteiger partial charge in [-0.3, -0.25) is 9.69 Å². The van der Waals surface area contributed by atoms with Crippen molar-refractivity contribution in [3.63, 3.8) is 0 Å². The molecule has 0 aromatic heterocycles. The minimum atomic E-state index is -0.325. The van der Waals surface area contributed by atoms with E-state index in [9.17, 15) is 10.1 Å². The van der Waals surface area contributed by atoms with Crippen LogP contribution >= 0.6 is 0 Å². The molecular weight excluding hydrogens is 354 g/mol. The van der Waals surface area contributed by atoms with Crippen molar-refractivity contribution in [1.29, 1.82) is 5.26 Å². The monoisotopic (exact) mass is 379 g/mol. The zero-order chi connectivity index (χ0) is 19.8. The van der Waals surface area contributed by atoms with Crippen LogP contribution in [0.1, 0.15) is 18.5 Å². The Balaban J connectivity index is 1.51. The maximum Gasteiger partial charge on any atom is 0.260 e. The van der Waals surface area contributed by atoms with Crippen LogP contribution in [0, 0.1) is 11.3 Å². The van der Waals surface area contributed by atoms with E-state index in [1.807, 2.05) is 61.5 Å². The number of nitriles is 1. The molecule has 6 nitrogen and oxygen atoms in total. The van der Waals surface area contributed by atoms with E-state index in [1.165, 1.54) is 0 Å². The second-order valence-electron chi connectivity index (χ2n) is 6.55. The van der Waals surface area contributed by atoms with E-state index >= 15 is 0 Å². The third-order valence-electron chi connectivity index (χ3n) is 4.77. The molecule has 1 amide bonds. The first kappa shape index (κ1) is 19.7. The van der Waals surface area contributed by atoms with Gasteiger partial charge in [0.05, 0.1) is 12.7 Å². The lowest BCUT2D eigenvalue weighted by Gasteiger charge is -2.37. The van der Waals surface area contributed by atoms with E-state index in [1.54, 1.807) is 4.90 Å². The summed E-state index contributed by atoms with van der Waals surface area (Å²) in [5.74, 6) is 1.46. The molecule has 1 saturated heterocycles. The molecule has 2 aromatic rings.